The summed E-state index contributed by atoms with van der Waals surface area (Å²) in [4.78, 5) is 23.8. The van der Waals surface area contributed by atoms with Crippen molar-refractivity contribution in [3.8, 4) is 5.75 Å². The topological polar surface area (TPSA) is 76.7 Å². The number of methoxy groups -OCH3 is 2. The van der Waals surface area contributed by atoms with Crippen LogP contribution in [0.2, 0.25) is 0 Å². The second-order valence-corrected chi connectivity index (χ2v) is 5.17. The molecular formula is C18H19FN2O4. The molecule has 0 aliphatic rings. The molecule has 0 aliphatic carbocycles. The molecule has 0 aromatic heterocycles. The Morgan fingerprint density at radius 2 is 1.80 bits per heavy atom. The highest BCUT2D eigenvalue weighted by Gasteiger charge is 2.17. The summed E-state index contributed by atoms with van der Waals surface area (Å²) in [7, 11) is 3.07. The summed E-state index contributed by atoms with van der Waals surface area (Å²) in [6.45, 7) is 0.110. The summed E-state index contributed by atoms with van der Waals surface area (Å²) in [5.74, 6) is -1.41. The Hall–Kier alpha value is -2.93. The zero-order valence-electron chi connectivity index (χ0n) is 13.9. The molecule has 6 nitrogen and oxygen atoms in total. The summed E-state index contributed by atoms with van der Waals surface area (Å²) >= 11 is 0. The third kappa shape index (κ3) is 5.29. The third-order valence-electron chi connectivity index (χ3n) is 3.51. The molecule has 25 heavy (non-hydrogen) atoms. The summed E-state index contributed by atoms with van der Waals surface area (Å²) in [5.41, 5.74) is 1.14. The Labute approximate surface area is 144 Å². The lowest BCUT2D eigenvalue weighted by molar-refractivity contribution is -0.136. The van der Waals surface area contributed by atoms with E-state index in [1.165, 1.54) is 31.4 Å². The molecule has 2 N–H and O–H groups in total. The monoisotopic (exact) mass is 346 g/mol. The van der Waals surface area contributed by atoms with Gasteiger partial charge in [0.2, 0.25) is 0 Å². The number of nitrogens with one attached hydrogen (secondary N) is 2. The van der Waals surface area contributed by atoms with Crippen molar-refractivity contribution in [2.75, 3.05) is 26.1 Å². The van der Waals surface area contributed by atoms with E-state index in [-0.39, 0.29) is 6.54 Å². The number of amides is 2. The summed E-state index contributed by atoms with van der Waals surface area (Å²) in [6.07, 6.45) is -0.433. The molecule has 2 aromatic carbocycles. The zero-order chi connectivity index (χ0) is 18.2. The second kappa shape index (κ2) is 8.79. The Bertz CT molecular complexity index is 734. The number of benzene rings is 2. The molecule has 0 heterocycles. The first-order valence-corrected chi connectivity index (χ1v) is 7.55. The number of hydrogen-bond acceptors (Lipinski definition) is 4. The van der Waals surface area contributed by atoms with Crippen LogP contribution in [0.15, 0.2) is 48.5 Å². The van der Waals surface area contributed by atoms with Gasteiger partial charge in [0.1, 0.15) is 11.6 Å². The van der Waals surface area contributed by atoms with Crippen molar-refractivity contribution in [1.29, 1.82) is 0 Å². The van der Waals surface area contributed by atoms with Gasteiger partial charge in [-0.3, -0.25) is 9.59 Å². The first-order chi connectivity index (χ1) is 12.0. The van der Waals surface area contributed by atoms with E-state index in [4.69, 9.17) is 9.47 Å². The maximum absolute atomic E-state index is 12.8. The number of anilines is 1. The molecule has 2 aromatic rings. The van der Waals surface area contributed by atoms with E-state index in [0.29, 0.717) is 11.4 Å². The molecule has 2 rings (SSSR count). The van der Waals surface area contributed by atoms with Crippen LogP contribution in [0.25, 0.3) is 0 Å². The molecule has 0 fully saturated rings. The molecular weight excluding hydrogens is 327 g/mol. The van der Waals surface area contributed by atoms with Gasteiger partial charge in [-0.2, -0.15) is 0 Å². The minimum absolute atomic E-state index is 0.110. The van der Waals surface area contributed by atoms with Crippen molar-refractivity contribution < 1.29 is 23.5 Å². The van der Waals surface area contributed by atoms with Gasteiger partial charge in [-0.25, -0.2) is 4.39 Å². The van der Waals surface area contributed by atoms with Crippen molar-refractivity contribution >= 4 is 17.5 Å². The van der Waals surface area contributed by atoms with Crippen LogP contribution < -0.4 is 15.4 Å². The van der Waals surface area contributed by atoms with E-state index in [1.807, 2.05) is 12.1 Å². The lowest BCUT2D eigenvalue weighted by Gasteiger charge is -2.17. The van der Waals surface area contributed by atoms with Crippen LogP contribution in [0.5, 0.6) is 5.75 Å². The summed E-state index contributed by atoms with van der Waals surface area (Å²) < 4.78 is 23.3. The molecule has 1 atom stereocenters. The molecule has 1 unspecified atom stereocenters. The smallest absolute Gasteiger partial charge is 0.313 e. The van der Waals surface area contributed by atoms with Gasteiger partial charge in [-0.05, 0) is 42.0 Å². The van der Waals surface area contributed by atoms with Crippen LogP contribution in [0, 0.1) is 5.82 Å². The van der Waals surface area contributed by atoms with Crippen LogP contribution in [0.4, 0.5) is 10.1 Å². The van der Waals surface area contributed by atoms with Gasteiger partial charge in [0.25, 0.3) is 0 Å². The predicted octanol–water partition coefficient (Wildman–Crippen LogP) is 2.28. The molecule has 7 heteroatoms. The number of halogens is 1. The van der Waals surface area contributed by atoms with E-state index in [2.05, 4.69) is 10.6 Å². The standard InChI is InChI=1S/C18H19FN2O4/c1-24-15-5-3-4-12(10-15)16(25-2)11-20-17(22)18(23)21-14-8-6-13(19)7-9-14/h3-10,16H,11H2,1-2H3,(H,20,22)(H,21,23). The van der Waals surface area contributed by atoms with E-state index in [0.717, 1.165) is 5.56 Å². The number of rotatable bonds is 6. The van der Waals surface area contributed by atoms with Crippen molar-refractivity contribution in [3.63, 3.8) is 0 Å². The van der Waals surface area contributed by atoms with Gasteiger partial charge in [0.15, 0.2) is 0 Å². The van der Waals surface area contributed by atoms with Gasteiger partial charge in [-0.15, -0.1) is 0 Å². The molecule has 0 radical (unpaired) electrons. The SMILES string of the molecule is COc1cccc(C(CNC(=O)C(=O)Nc2ccc(F)cc2)OC)c1. The summed E-state index contributed by atoms with van der Waals surface area (Å²) in [5, 5.41) is 4.90. The highest BCUT2D eigenvalue weighted by atomic mass is 19.1. The molecule has 0 aliphatic heterocycles. The Morgan fingerprint density at radius 1 is 1.08 bits per heavy atom. The lowest BCUT2D eigenvalue weighted by Crippen LogP contribution is -2.37. The van der Waals surface area contributed by atoms with Crippen molar-refractivity contribution in [2.45, 2.75) is 6.10 Å². The minimum Gasteiger partial charge on any atom is -0.497 e. The van der Waals surface area contributed by atoms with Crippen LogP contribution >= 0.6 is 0 Å². The Kier molecular flexibility index (Phi) is 6.47. The van der Waals surface area contributed by atoms with Gasteiger partial charge in [0, 0.05) is 19.3 Å². The summed E-state index contributed by atoms with van der Waals surface area (Å²) in [6, 6.07) is 12.4. The number of hydrogen-bond donors (Lipinski definition) is 2. The average Bonchev–Trinajstić information content (AvgIpc) is 2.64. The molecule has 132 valence electrons. The molecule has 0 bridgehead atoms. The first kappa shape index (κ1) is 18.4. The maximum atomic E-state index is 12.8. The second-order valence-electron chi connectivity index (χ2n) is 5.17. The largest absolute Gasteiger partial charge is 0.497 e. The van der Waals surface area contributed by atoms with Gasteiger partial charge in [0.05, 0.1) is 13.2 Å². The Balaban J connectivity index is 1.92. The van der Waals surface area contributed by atoms with Gasteiger partial charge in [-0.1, -0.05) is 12.1 Å². The Morgan fingerprint density at radius 3 is 2.44 bits per heavy atom. The number of carbonyl (C=O) groups excluding carboxylic acids is 2. The zero-order valence-corrected chi connectivity index (χ0v) is 13.9. The normalized spacial score (nSPS) is 11.5. The fraction of sp³-hybridized carbons (Fsp3) is 0.222. The highest BCUT2D eigenvalue weighted by Crippen LogP contribution is 2.21. The van der Waals surface area contributed by atoms with Crippen molar-refractivity contribution in [2.24, 2.45) is 0 Å². The first-order valence-electron chi connectivity index (χ1n) is 7.55. The number of ether oxygens (including phenoxy) is 2. The van der Waals surface area contributed by atoms with Crippen LogP contribution in [-0.4, -0.2) is 32.6 Å². The third-order valence-corrected chi connectivity index (χ3v) is 3.51. The lowest BCUT2D eigenvalue weighted by atomic mass is 10.1. The number of carbonyl (C=O) groups is 2. The fourth-order valence-corrected chi connectivity index (χ4v) is 2.17. The average molecular weight is 346 g/mol. The maximum Gasteiger partial charge on any atom is 0.313 e. The fourth-order valence-electron chi connectivity index (χ4n) is 2.17. The molecule has 0 saturated carbocycles. The highest BCUT2D eigenvalue weighted by molar-refractivity contribution is 6.39. The van der Waals surface area contributed by atoms with Gasteiger partial charge >= 0.3 is 11.8 Å². The quantitative estimate of drug-likeness (QED) is 0.787. The van der Waals surface area contributed by atoms with Crippen LogP contribution in [-0.2, 0) is 14.3 Å². The van der Waals surface area contributed by atoms with Crippen molar-refractivity contribution in [3.05, 3.63) is 59.9 Å². The van der Waals surface area contributed by atoms with Gasteiger partial charge < -0.3 is 20.1 Å². The van der Waals surface area contributed by atoms with E-state index in [1.54, 1.807) is 19.2 Å². The molecule has 0 spiro atoms. The molecule has 0 saturated heterocycles. The minimum atomic E-state index is -0.841. The van der Waals surface area contributed by atoms with Crippen molar-refractivity contribution in [1.82, 2.24) is 5.32 Å². The van der Waals surface area contributed by atoms with E-state index >= 15 is 0 Å². The van der Waals surface area contributed by atoms with E-state index < -0.39 is 23.7 Å². The molecule has 2 amide bonds. The predicted molar refractivity (Wildman–Crippen MR) is 90.8 cm³/mol. The van der Waals surface area contributed by atoms with Crippen LogP contribution in [0.1, 0.15) is 11.7 Å². The van der Waals surface area contributed by atoms with E-state index in [9.17, 15) is 14.0 Å². The van der Waals surface area contributed by atoms with Crippen LogP contribution in [0.3, 0.4) is 0 Å².